The Morgan fingerprint density at radius 1 is 1.17 bits per heavy atom. The molecule has 0 bridgehead atoms. The van der Waals surface area contributed by atoms with Crippen molar-refractivity contribution >= 4 is 11.9 Å². The minimum absolute atomic E-state index is 0.153. The highest BCUT2D eigenvalue weighted by Crippen LogP contribution is 2.23. The fraction of sp³-hybridized carbons (Fsp3) is 0.529. The van der Waals surface area contributed by atoms with E-state index in [9.17, 15) is 9.59 Å². The molecule has 1 saturated heterocycles. The molecule has 126 valence electrons. The summed E-state index contributed by atoms with van der Waals surface area (Å²) in [6.45, 7) is 3.33. The lowest BCUT2D eigenvalue weighted by molar-refractivity contribution is -0.136. The van der Waals surface area contributed by atoms with E-state index in [-0.39, 0.29) is 12.5 Å². The number of carbonyl (C=O) groups is 2. The molecular weight excluding hydrogens is 298 g/mol. The number of rotatable bonds is 5. The van der Waals surface area contributed by atoms with Gasteiger partial charge in [0.25, 0.3) is 5.91 Å². The van der Waals surface area contributed by atoms with Gasteiger partial charge in [0.1, 0.15) is 11.5 Å². The summed E-state index contributed by atoms with van der Waals surface area (Å²) in [4.78, 5) is 26.0. The summed E-state index contributed by atoms with van der Waals surface area (Å²) < 4.78 is 15.4. The lowest BCUT2D eigenvalue weighted by Gasteiger charge is -2.30. The molecule has 0 aliphatic carbocycles. The van der Waals surface area contributed by atoms with Gasteiger partial charge in [-0.2, -0.15) is 0 Å². The highest BCUT2D eigenvalue weighted by atomic mass is 16.5. The number of benzene rings is 1. The third-order valence-corrected chi connectivity index (χ3v) is 3.92. The van der Waals surface area contributed by atoms with E-state index in [1.54, 1.807) is 23.1 Å². The smallest absolute Gasteiger partial charge is 0.338 e. The molecule has 1 heterocycles. The number of esters is 1. The van der Waals surface area contributed by atoms with Crippen molar-refractivity contribution in [3.8, 4) is 11.5 Å². The highest BCUT2D eigenvalue weighted by Gasteiger charge is 2.22. The molecule has 6 heteroatoms. The number of amides is 1. The van der Waals surface area contributed by atoms with Gasteiger partial charge < -0.3 is 19.1 Å². The minimum atomic E-state index is -0.569. The first-order valence-electron chi connectivity index (χ1n) is 7.71. The Hall–Kier alpha value is -2.24. The molecule has 1 aliphatic rings. The van der Waals surface area contributed by atoms with Crippen LogP contribution in [-0.4, -0.2) is 50.7 Å². The van der Waals surface area contributed by atoms with Gasteiger partial charge in [0.15, 0.2) is 6.61 Å². The van der Waals surface area contributed by atoms with Crippen LogP contribution in [0.5, 0.6) is 11.5 Å². The molecule has 0 unspecified atom stereocenters. The average Bonchev–Trinajstić information content (AvgIpc) is 2.58. The Kier molecular flexibility index (Phi) is 5.84. The van der Waals surface area contributed by atoms with Crippen molar-refractivity contribution in [1.82, 2.24) is 4.90 Å². The summed E-state index contributed by atoms with van der Waals surface area (Å²) >= 11 is 0. The largest absolute Gasteiger partial charge is 0.497 e. The second-order valence-electron chi connectivity index (χ2n) is 5.76. The molecule has 0 N–H and O–H groups in total. The number of hydrogen-bond donors (Lipinski definition) is 0. The van der Waals surface area contributed by atoms with Crippen LogP contribution in [0.1, 0.15) is 30.1 Å². The lowest BCUT2D eigenvalue weighted by atomic mass is 10.0. The topological polar surface area (TPSA) is 65.1 Å². The maximum absolute atomic E-state index is 12.1. The zero-order valence-corrected chi connectivity index (χ0v) is 13.8. The molecule has 1 amide bonds. The Morgan fingerprint density at radius 3 is 2.39 bits per heavy atom. The third kappa shape index (κ3) is 4.61. The molecule has 2 rings (SSSR count). The van der Waals surface area contributed by atoms with Gasteiger partial charge in [-0.25, -0.2) is 4.79 Å². The van der Waals surface area contributed by atoms with Gasteiger partial charge in [-0.15, -0.1) is 0 Å². The highest BCUT2D eigenvalue weighted by molar-refractivity contribution is 5.92. The number of piperidine rings is 1. The summed E-state index contributed by atoms with van der Waals surface area (Å²) in [7, 11) is 3.01. The first kappa shape index (κ1) is 17.1. The van der Waals surface area contributed by atoms with Crippen LogP contribution < -0.4 is 9.47 Å². The van der Waals surface area contributed by atoms with Crippen molar-refractivity contribution in [2.24, 2.45) is 5.92 Å². The average molecular weight is 321 g/mol. The van der Waals surface area contributed by atoms with Gasteiger partial charge in [0.2, 0.25) is 0 Å². The quantitative estimate of drug-likeness (QED) is 0.777. The van der Waals surface area contributed by atoms with Crippen molar-refractivity contribution in [2.45, 2.75) is 19.8 Å². The summed E-state index contributed by atoms with van der Waals surface area (Å²) in [6.07, 6.45) is 2.13. The van der Waals surface area contributed by atoms with E-state index in [0.29, 0.717) is 23.0 Å². The summed E-state index contributed by atoms with van der Waals surface area (Å²) in [6, 6.07) is 4.77. The molecule has 1 atom stereocenters. The number of methoxy groups -OCH3 is 2. The zero-order valence-electron chi connectivity index (χ0n) is 13.8. The Morgan fingerprint density at radius 2 is 1.83 bits per heavy atom. The molecule has 23 heavy (non-hydrogen) atoms. The maximum Gasteiger partial charge on any atom is 0.338 e. The van der Waals surface area contributed by atoms with Crippen LogP contribution >= 0.6 is 0 Å². The second kappa shape index (κ2) is 7.85. The molecule has 0 aromatic heterocycles. The van der Waals surface area contributed by atoms with Crippen molar-refractivity contribution in [3.63, 3.8) is 0 Å². The number of carbonyl (C=O) groups excluding carboxylic acids is 2. The Balaban J connectivity index is 1.95. The van der Waals surface area contributed by atoms with Crippen molar-refractivity contribution in [1.29, 1.82) is 0 Å². The number of ether oxygens (including phenoxy) is 3. The fourth-order valence-electron chi connectivity index (χ4n) is 2.64. The normalized spacial score (nSPS) is 17.5. The lowest BCUT2D eigenvalue weighted by Crippen LogP contribution is -2.41. The Labute approximate surface area is 136 Å². The molecule has 1 aromatic rings. The van der Waals surface area contributed by atoms with E-state index >= 15 is 0 Å². The number of nitrogens with zero attached hydrogens (tertiary/aromatic N) is 1. The number of hydrogen-bond acceptors (Lipinski definition) is 5. The first-order chi connectivity index (χ1) is 11.0. The van der Waals surface area contributed by atoms with E-state index in [2.05, 4.69) is 6.92 Å². The Bertz CT molecular complexity index is 550. The van der Waals surface area contributed by atoms with Crippen LogP contribution in [-0.2, 0) is 9.53 Å². The van der Waals surface area contributed by atoms with E-state index in [0.717, 1.165) is 25.9 Å². The second-order valence-corrected chi connectivity index (χ2v) is 5.76. The minimum Gasteiger partial charge on any atom is -0.497 e. The molecular formula is C17H23NO5. The molecule has 0 spiro atoms. The molecule has 0 radical (unpaired) electrons. The van der Waals surface area contributed by atoms with E-state index in [4.69, 9.17) is 14.2 Å². The molecule has 0 saturated carbocycles. The third-order valence-electron chi connectivity index (χ3n) is 3.92. The van der Waals surface area contributed by atoms with Crippen LogP contribution in [0.15, 0.2) is 18.2 Å². The predicted octanol–water partition coefficient (Wildman–Crippen LogP) is 2.12. The van der Waals surface area contributed by atoms with Gasteiger partial charge in [0, 0.05) is 19.2 Å². The van der Waals surface area contributed by atoms with Crippen LogP contribution in [0, 0.1) is 5.92 Å². The van der Waals surface area contributed by atoms with Gasteiger partial charge in [-0.05, 0) is 30.9 Å². The summed E-state index contributed by atoms with van der Waals surface area (Å²) in [5.41, 5.74) is 0.293. The van der Waals surface area contributed by atoms with E-state index in [1.807, 2.05) is 0 Å². The van der Waals surface area contributed by atoms with Gasteiger partial charge in [-0.1, -0.05) is 6.92 Å². The summed E-state index contributed by atoms with van der Waals surface area (Å²) in [5.74, 6) is 0.756. The van der Waals surface area contributed by atoms with Crippen LogP contribution in [0.25, 0.3) is 0 Å². The van der Waals surface area contributed by atoms with Gasteiger partial charge >= 0.3 is 5.97 Å². The molecule has 1 aliphatic heterocycles. The maximum atomic E-state index is 12.1. The zero-order chi connectivity index (χ0) is 16.8. The SMILES string of the molecule is COc1cc(OC)cc(C(=O)OCC(=O)N2CCC[C@H](C)C2)c1. The van der Waals surface area contributed by atoms with Gasteiger partial charge in [0.05, 0.1) is 19.8 Å². The van der Waals surface area contributed by atoms with Crippen molar-refractivity contribution in [3.05, 3.63) is 23.8 Å². The number of likely N-dealkylation sites (tertiary alicyclic amines) is 1. The predicted molar refractivity (Wildman–Crippen MR) is 84.8 cm³/mol. The first-order valence-corrected chi connectivity index (χ1v) is 7.71. The molecule has 1 aromatic carbocycles. The standard InChI is InChI=1S/C17H23NO5/c1-12-5-4-6-18(10-12)16(19)11-23-17(20)13-7-14(21-2)9-15(8-13)22-3/h7-9,12H,4-6,10-11H2,1-3H3/t12-/m0/s1. The van der Waals surface area contributed by atoms with Gasteiger partial charge in [-0.3, -0.25) is 4.79 Å². The van der Waals surface area contributed by atoms with Crippen LogP contribution in [0.2, 0.25) is 0 Å². The fourth-order valence-corrected chi connectivity index (χ4v) is 2.64. The summed E-state index contributed by atoms with van der Waals surface area (Å²) in [5, 5.41) is 0. The monoisotopic (exact) mass is 321 g/mol. The van der Waals surface area contributed by atoms with Crippen molar-refractivity contribution in [2.75, 3.05) is 33.9 Å². The molecule has 1 fully saturated rings. The molecule has 6 nitrogen and oxygen atoms in total. The van der Waals surface area contributed by atoms with E-state index < -0.39 is 5.97 Å². The van der Waals surface area contributed by atoms with E-state index in [1.165, 1.54) is 14.2 Å². The van der Waals surface area contributed by atoms with Crippen LogP contribution in [0.4, 0.5) is 0 Å². The van der Waals surface area contributed by atoms with Crippen LogP contribution in [0.3, 0.4) is 0 Å². The van der Waals surface area contributed by atoms with Crippen molar-refractivity contribution < 1.29 is 23.8 Å².